The largest absolute Gasteiger partial charge is 0.416 e. The molecule has 0 atom stereocenters. The van der Waals surface area contributed by atoms with E-state index >= 15 is 0 Å². The molecule has 0 aromatic heterocycles. The molecular formula is C16H13F3N2O2. The summed E-state index contributed by atoms with van der Waals surface area (Å²) in [4.78, 5) is 22.9. The second-order valence-electron chi connectivity index (χ2n) is 4.79. The van der Waals surface area contributed by atoms with Crippen LogP contribution in [0.5, 0.6) is 0 Å². The van der Waals surface area contributed by atoms with E-state index in [0.717, 1.165) is 12.1 Å². The standard InChI is InChI=1S/C16H13F3N2O2/c1-10(22)20-13-6-2-11(3-7-13)15(23)21-14-8-4-12(5-9-14)16(17,18)19/h2-9H,1H3,(H,20,22)(H,21,23). The highest BCUT2D eigenvalue weighted by atomic mass is 19.4. The average Bonchev–Trinajstić information content (AvgIpc) is 2.47. The van der Waals surface area contributed by atoms with Crippen molar-refractivity contribution >= 4 is 23.2 Å². The Hall–Kier alpha value is -2.83. The number of hydrogen-bond acceptors (Lipinski definition) is 2. The molecule has 23 heavy (non-hydrogen) atoms. The van der Waals surface area contributed by atoms with E-state index in [4.69, 9.17) is 0 Å². The number of alkyl halides is 3. The SMILES string of the molecule is CC(=O)Nc1ccc(C(=O)Nc2ccc(C(F)(F)F)cc2)cc1. The van der Waals surface area contributed by atoms with Crippen LogP contribution in [0, 0.1) is 0 Å². The zero-order valence-corrected chi connectivity index (χ0v) is 12.1. The highest BCUT2D eigenvalue weighted by Gasteiger charge is 2.29. The number of anilines is 2. The Balaban J connectivity index is 2.05. The maximum absolute atomic E-state index is 12.5. The smallest absolute Gasteiger partial charge is 0.326 e. The molecule has 0 aliphatic rings. The van der Waals surface area contributed by atoms with E-state index in [-0.39, 0.29) is 11.6 Å². The normalized spacial score (nSPS) is 11.0. The molecule has 0 bridgehead atoms. The van der Waals surface area contributed by atoms with Crippen LogP contribution in [-0.4, -0.2) is 11.8 Å². The Morgan fingerprint density at radius 3 is 1.78 bits per heavy atom. The van der Waals surface area contributed by atoms with Crippen LogP contribution in [0.1, 0.15) is 22.8 Å². The molecule has 0 radical (unpaired) electrons. The van der Waals surface area contributed by atoms with Crippen LogP contribution in [0.4, 0.5) is 24.5 Å². The number of rotatable bonds is 3. The third-order valence-corrected chi connectivity index (χ3v) is 2.94. The molecule has 4 nitrogen and oxygen atoms in total. The van der Waals surface area contributed by atoms with Gasteiger partial charge in [0.2, 0.25) is 5.91 Å². The fourth-order valence-corrected chi connectivity index (χ4v) is 1.85. The summed E-state index contributed by atoms with van der Waals surface area (Å²) in [5.74, 6) is -0.689. The predicted octanol–water partition coefficient (Wildman–Crippen LogP) is 3.92. The molecule has 0 aliphatic carbocycles. The molecule has 2 aromatic rings. The number of halogens is 3. The lowest BCUT2D eigenvalue weighted by Gasteiger charge is -2.09. The van der Waals surface area contributed by atoms with Crippen LogP contribution in [-0.2, 0) is 11.0 Å². The average molecular weight is 322 g/mol. The molecule has 120 valence electrons. The van der Waals surface area contributed by atoms with Gasteiger partial charge in [-0.25, -0.2) is 0 Å². The zero-order chi connectivity index (χ0) is 17.0. The van der Waals surface area contributed by atoms with Gasteiger partial charge in [0, 0.05) is 23.9 Å². The van der Waals surface area contributed by atoms with Gasteiger partial charge in [-0.2, -0.15) is 13.2 Å². The molecule has 7 heteroatoms. The van der Waals surface area contributed by atoms with Gasteiger partial charge in [-0.1, -0.05) is 0 Å². The summed E-state index contributed by atoms with van der Waals surface area (Å²) < 4.78 is 37.4. The van der Waals surface area contributed by atoms with Crippen molar-refractivity contribution in [1.82, 2.24) is 0 Å². The van der Waals surface area contributed by atoms with Gasteiger partial charge in [0.15, 0.2) is 0 Å². The van der Waals surface area contributed by atoms with Gasteiger partial charge in [-0.15, -0.1) is 0 Å². The lowest BCUT2D eigenvalue weighted by atomic mass is 10.1. The molecule has 0 spiro atoms. The summed E-state index contributed by atoms with van der Waals surface area (Å²) in [7, 11) is 0. The number of carbonyl (C=O) groups excluding carboxylic acids is 2. The monoisotopic (exact) mass is 322 g/mol. The van der Waals surface area contributed by atoms with Gasteiger partial charge in [0.05, 0.1) is 5.56 Å². The van der Waals surface area contributed by atoms with Crippen LogP contribution in [0.25, 0.3) is 0 Å². The van der Waals surface area contributed by atoms with E-state index in [1.807, 2.05) is 0 Å². The molecule has 0 saturated heterocycles. The maximum Gasteiger partial charge on any atom is 0.416 e. The fourth-order valence-electron chi connectivity index (χ4n) is 1.85. The molecular weight excluding hydrogens is 309 g/mol. The topological polar surface area (TPSA) is 58.2 Å². The van der Waals surface area contributed by atoms with Crippen molar-refractivity contribution < 1.29 is 22.8 Å². The quantitative estimate of drug-likeness (QED) is 0.900. The second kappa shape index (κ2) is 6.51. The van der Waals surface area contributed by atoms with Crippen molar-refractivity contribution in [1.29, 1.82) is 0 Å². The van der Waals surface area contributed by atoms with Gasteiger partial charge in [-0.05, 0) is 48.5 Å². The van der Waals surface area contributed by atoms with Crippen molar-refractivity contribution in [2.75, 3.05) is 10.6 Å². The van der Waals surface area contributed by atoms with Crippen molar-refractivity contribution in [3.63, 3.8) is 0 Å². The van der Waals surface area contributed by atoms with E-state index < -0.39 is 17.6 Å². The van der Waals surface area contributed by atoms with Crippen molar-refractivity contribution in [3.05, 3.63) is 59.7 Å². The fraction of sp³-hybridized carbons (Fsp3) is 0.125. The van der Waals surface area contributed by atoms with E-state index in [0.29, 0.717) is 11.3 Å². The Morgan fingerprint density at radius 2 is 1.30 bits per heavy atom. The Bertz CT molecular complexity index is 708. The summed E-state index contributed by atoms with van der Waals surface area (Å²) >= 11 is 0. The molecule has 0 unspecified atom stereocenters. The summed E-state index contributed by atoms with van der Waals surface area (Å²) in [5.41, 5.74) is 0.340. The van der Waals surface area contributed by atoms with Crippen LogP contribution in [0.15, 0.2) is 48.5 Å². The van der Waals surface area contributed by atoms with Crippen LogP contribution in [0.2, 0.25) is 0 Å². The van der Waals surface area contributed by atoms with Crippen molar-refractivity contribution in [2.45, 2.75) is 13.1 Å². The van der Waals surface area contributed by atoms with E-state index in [2.05, 4.69) is 10.6 Å². The first-order valence-electron chi connectivity index (χ1n) is 6.62. The van der Waals surface area contributed by atoms with Gasteiger partial charge in [-0.3, -0.25) is 9.59 Å². The van der Waals surface area contributed by atoms with Gasteiger partial charge in [0.25, 0.3) is 5.91 Å². The summed E-state index contributed by atoms with van der Waals surface area (Å²) in [6.07, 6.45) is -4.41. The first-order chi connectivity index (χ1) is 10.8. The van der Waals surface area contributed by atoms with Crippen molar-refractivity contribution in [2.24, 2.45) is 0 Å². The highest BCUT2D eigenvalue weighted by molar-refractivity contribution is 6.04. The molecule has 0 fully saturated rings. The minimum absolute atomic E-state index is 0.230. The number of benzene rings is 2. The van der Waals surface area contributed by atoms with Crippen molar-refractivity contribution in [3.8, 4) is 0 Å². The maximum atomic E-state index is 12.5. The Morgan fingerprint density at radius 1 is 0.826 bits per heavy atom. The molecule has 0 heterocycles. The third-order valence-electron chi connectivity index (χ3n) is 2.94. The molecule has 0 saturated carbocycles. The Labute approximate surface area is 130 Å². The molecule has 2 N–H and O–H groups in total. The van der Waals surface area contributed by atoms with Gasteiger partial charge >= 0.3 is 6.18 Å². The molecule has 2 amide bonds. The van der Waals surface area contributed by atoms with Gasteiger partial charge < -0.3 is 10.6 Å². The summed E-state index contributed by atoms with van der Waals surface area (Å²) in [6, 6.07) is 10.3. The summed E-state index contributed by atoms with van der Waals surface area (Å²) in [5, 5.41) is 5.07. The minimum Gasteiger partial charge on any atom is -0.326 e. The number of nitrogens with one attached hydrogen (secondary N) is 2. The molecule has 2 aromatic carbocycles. The summed E-state index contributed by atoms with van der Waals surface area (Å²) in [6.45, 7) is 1.37. The predicted molar refractivity (Wildman–Crippen MR) is 80.1 cm³/mol. The van der Waals surface area contributed by atoms with E-state index in [1.165, 1.54) is 31.2 Å². The third kappa shape index (κ3) is 4.57. The van der Waals surface area contributed by atoms with Crippen LogP contribution < -0.4 is 10.6 Å². The lowest BCUT2D eigenvalue weighted by molar-refractivity contribution is -0.137. The first kappa shape index (κ1) is 16.5. The van der Waals surface area contributed by atoms with E-state index in [9.17, 15) is 22.8 Å². The van der Waals surface area contributed by atoms with E-state index in [1.54, 1.807) is 12.1 Å². The number of hydrogen-bond donors (Lipinski definition) is 2. The second-order valence-corrected chi connectivity index (χ2v) is 4.79. The molecule has 0 aliphatic heterocycles. The van der Waals surface area contributed by atoms with Gasteiger partial charge in [0.1, 0.15) is 0 Å². The van der Waals surface area contributed by atoms with Crippen LogP contribution in [0.3, 0.4) is 0 Å². The lowest BCUT2D eigenvalue weighted by Crippen LogP contribution is -2.13. The Kier molecular flexibility index (Phi) is 4.68. The number of amides is 2. The zero-order valence-electron chi connectivity index (χ0n) is 12.1. The highest BCUT2D eigenvalue weighted by Crippen LogP contribution is 2.29. The first-order valence-corrected chi connectivity index (χ1v) is 6.62. The van der Waals surface area contributed by atoms with Crippen LogP contribution >= 0.6 is 0 Å². The minimum atomic E-state index is -4.41. The molecule has 2 rings (SSSR count). The number of carbonyl (C=O) groups is 2.